The first-order chi connectivity index (χ1) is 6.25. The molecule has 4 nitrogen and oxygen atoms in total. The maximum atomic E-state index is 11.1. The number of esters is 1. The zero-order valence-electron chi connectivity index (χ0n) is 6.94. The largest absolute Gasteiger partial charge is 0.465 e. The molecule has 1 saturated heterocycles. The molecule has 2 heterocycles. The predicted molar refractivity (Wildman–Crippen MR) is 54.0 cm³/mol. The van der Waals surface area contributed by atoms with E-state index in [1.165, 1.54) is 0 Å². The first-order valence-corrected chi connectivity index (χ1v) is 5.18. The van der Waals surface area contributed by atoms with Gasteiger partial charge in [0.15, 0.2) is 0 Å². The molecule has 5 heteroatoms. The van der Waals surface area contributed by atoms with Crippen LogP contribution in [0.4, 0.5) is 0 Å². The Morgan fingerprint density at radius 3 is 3.15 bits per heavy atom. The number of cyclic esters (lactones) is 1. The molecule has 70 valence electrons. The molecular weight excluding hydrogens is 283 g/mol. The van der Waals surface area contributed by atoms with E-state index < -0.39 is 0 Å². The van der Waals surface area contributed by atoms with E-state index in [1.54, 1.807) is 10.9 Å². The van der Waals surface area contributed by atoms with Crippen LogP contribution in [0.2, 0.25) is 0 Å². The molecule has 13 heavy (non-hydrogen) atoms. The van der Waals surface area contributed by atoms with Gasteiger partial charge in [-0.1, -0.05) is 0 Å². The predicted octanol–water partition coefficient (Wildman–Crippen LogP) is 1.05. The third-order valence-electron chi connectivity index (χ3n) is 2.05. The molecule has 2 rings (SSSR count). The second-order valence-corrected chi connectivity index (χ2v) is 4.28. The van der Waals surface area contributed by atoms with E-state index in [9.17, 15) is 4.79 Å². The van der Waals surface area contributed by atoms with Gasteiger partial charge in [-0.2, -0.15) is 5.10 Å². The number of hydrogen-bond donors (Lipinski definition) is 0. The van der Waals surface area contributed by atoms with E-state index in [-0.39, 0.29) is 11.9 Å². The number of halogens is 1. The van der Waals surface area contributed by atoms with Crippen LogP contribution in [0.5, 0.6) is 0 Å². The van der Waals surface area contributed by atoms with Crippen LogP contribution in [0.3, 0.4) is 0 Å². The van der Waals surface area contributed by atoms with E-state index in [2.05, 4.69) is 27.7 Å². The number of carbonyl (C=O) groups excluding carboxylic acids is 1. The molecule has 1 unspecified atom stereocenters. The normalized spacial score (nSPS) is 21.9. The van der Waals surface area contributed by atoms with Crippen LogP contribution in [0.1, 0.15) is 6.42 Å². The van der Waals surface area contributed by atoms with Crippen LogP contribution in [-0.2, 0) is 16.1 Å². The van der Waals surface area contributed by atoms with Crippen LogP contribution < -0.4 is 0 Å². The highest BCUT2D eigenvalue weighted by Crippen LogP contribution is 2.16. The van der Waals surface area contributed by atoms with Crippen molar-refractivity contribution in [3.8, 4) is 0 Å². The van der Waals surface area contributed by atoms with Gasteiger partial charge in [0.25, 0.3) is 0 Å². The summed E-state index contributed by atoms with van der Waals surface area (Å²) in [6.07, 6.45) is 4.52. The summed E-state index contributed by atoms with van der Waals surface area (Å²) in [5, 5.41) is 4.12. The second kappa shape index (κ2) is 3.65. The molecule has 1 aromatic heterocycles. The van der Waals surface area contributed by atoms with Gasteiger partial charge in [0.2, 0.25) is 0 Å². The van der Waals surface area contributed by atoms with Crippen molar-refractivity contribution in [2.75, 3.05) is 6.61 Å². The molecule has 0 amide bonds. The fourth-order valence-electron chi connectivity index (χ4n) is 1.37. The highest BCUT2D eigenvalue weighted by Gasteiger charge is 2.26. The zero-order chi connectivity index (χ0) is 9.26. The summed E-state index contributed by atoms with van der Waals surface area (Å²) in [6.45, 7) is 1.20. The number of nitrogens with zero attached hydrogens (tertiary/aromatic N) is 2. The first kappa shape index (κ1) is 8.98. The monoisotopic (exact) mass is 292 g/mol. The van der Waals surface area contributed by atoms with E-state index >= 15 is 0 Å². The molecule has 1 aliphatic rings. The van der Waals surface area contributed by atoms with Crippen molar-refractivity contribution in [2.45, 2.75) is 13.0 Å². The molecule has 1 aromatic rings. The van der Waals surface area contributed by atoms with Gasteiger partial charge in [-0.3, -0.25) is 9.48 Å². The molecular formula is C8H9IN2O2. The fraction of sp³-hybridized carbons (Fsp3) is 0.500. The van der Waals surface area contributed by atoms with Crippen LogP contribution in [0, 0.1) is 9.49 Å². The zero-order valence-corrected chi connectivity index (χ0v) is 9.10. The molecule has 0 bridgehead atoms. The summed E-state index contributed by atoms with van der Waals surface area (Å²) in [5.41, 5.74) is 0. The van der Waals surface area contributed by atoms with Crippen LogP contribution >= 0.6 is 22.6 Å². The quantitative estimate of drug-likeness (QED) is 0.604. The Morgan fingerprint density at radius 2 is 2.62 bits per heavy atom. The Bertz CT molecular complexity index is 324. The summed E-state index contributed by atoms with van der Waals surface area (Å²) in [5.74, 6) is -0.0961. The van der Waals surface area contributed by atoms with Crippen molar-refractivity contribution in [3.63, 3.8) is 0 Å². The fourth-order valence-corrected chi connectivity index (χ4v) is 1.81. The molecule has 0 N–H and O–H groups in total. The SMILES string of the molecule is O=C1OCCC1Cn1cc(I)cn1. The summed E-state index contributed by atoms with van der Waals surface area (Å²) >= 11 is 2.19. The van der Waals surface area contributed by atoms with Gasteiger partial charge >= 0.3 is 5.97 Å². The van der Waals surface area contributed by atoms with Crippen molar-refractivity contribution in [2.24, 2.45) is 5.92 Å². The van der Waals surface area contributed by atoms with Crippen molar-refractivity contribution < 1.29 is 9.53 Å². The highest BCUT2D eigenvalue weighted by molar-refractivity contribution is 14.1. The van der Waals surface area contributed by atoms with Crippen molar-refractivity contribution in [3.05, 3.63) is 16.0 Å². The van der Waals surface area contributed by atoms with E-state index in [4.69, 9.17) is 4.74 Å². The lowest BCUT2D eigenvalue weighted by atomic mass is 10.1. The lowest BCUT2D eigenvalue weighted by Crippen LogP contribution is -2.15. The minimum atomic E-state index is -0.0921. The summed E-state index contributed by atoms with van der Waals surface area (Å²) < 4.78 is 7.74. The third-order valence-corrected chi connectivity index (χ3v) is 2.61. The molecule has 0 spiro atoms. The van der Waals surface area contributed by atoms with Gasteiger partial charge in [-0.05, 0) is 29.0 Å². The summed E-state index contributed by atoms with van der Waals surface area (Å²) in [4.78, 5) is 11.1. The summed E-state index contributed by atoms with van der Waals surface area (Å²) in [6, 6.07) is 0. The van der Waals surface area contributed by atoms with Crippen LogP contribution in [-0.4, -0.2) is 22.4 Å². The molecule has 1 aliphatic heterocycles. The van der Waals surface area contributed by atoms with Crippen molar-refractivity contribution in [1.82, 2.24) is 9.78 Å². The molecule has 0 radical (unpaired) electrons. The van der Waals surface area contributed by atoms with Gasteiger partial charge in [0.05, 0.1) is 28.8 Å². The summed E-state index contributed by atoms with van der Waals surface area (Å²) in [7, 11) is 0. The average molecular weight is 292 g/mol. The van der Waals surface area contributed by atoms with Crippen molar-refractivity contribution in [1.29, 1.82) is 0 Å². The smallest absolute Gasteiger partial charge is 0.310 e. The molecule has 0 saturated carbocycles. The number of carbonyl (C=O) groups is 1. The second-order valence-electron chi connectivity index (χ2n) is 3.03. The van der Waals surface area contributed by atoms with Crippen molar-refractivity contribution >= 4 is 28.6 Å². The topological polar surface area (TPSA) is 44.1 Å². The van der Waals surface area contributed by atoms with Crippen LogP contribution in [0.15, 0.2) is 12.4 Å². The van der Waals surface area contributed by atoms with E-state index in [1.807, 2.05) is 6.20 Å². The maximum Gasteiger partial charge on any atom is 0.310 e. The van der Waals surface area contributed by atoms with Gasteiger partial charge in [0, 0.05) is 6.20 Å². The lowest BCUT2D eigenvalue weighted by molar-refractivity contribution is -0.141. The van der Waals surface area contributed by atoms with Gasteiger partial charge in [-0.15, -0.1) is 0 Å². The standard InChI is InChI=1S/C8H9IN2O2/c9-7-3-10-11(5-7)4-6-1-2-13-8(6)12/h3,5-6H,1-2,4H2. The van der Waals surface area contributed by atoms with Crippen LogP contribution in [0.25, 0.3) is 0 Å². The number of rotatable bonds is 2. The first-order valence-electron chi connectivity index (χ1n) is 4.10. The molecule has 1 atom stereocenters. The number of ether oxygens (including phenoxy) is 1. The molecule has 0 aromatic carbocycles. The average Bonchev–Trinajstić information content (AvgIpc) is 2.64. The Hall–Kier alpha value is -0.590. The number of aromatic nitrogens is 2. The minimum Gasteiger partial charge on any atom is -0.465 e. The van der Waals surface area contributed by atoms with E-state index in [0.717, 1.165) is 9.99 Å². The van der Waals surface area contributed by atoms with Gasteiger partial charge in [0.1, 0.15) is 0 Å². The molecule has 0 aliphatic carbocycles. The van der Waals surface area contributed by atoms with Gasteiger partial charge < -0.3 is 4.74 Å². The van der Waals surface area contributed by atoms with Gasteiger partial charge in [-0.25, -0.2) is 0 Å². The Morgan fingerprint density at radius 1 is 1.77 bits per heavy atom. The van der Waals surface area contributed by atoms with E-state index in [0.29, 0.717) is 13.2 Å². The third kappa shape index (κ3) is 2.01. The Labute approximate surface area is 89.4 Å². The maximum absolute atomic E-state index is 11.1. The lowest BCUT2D eigenvalue weighted by Gasteiger charge is -2.04. The highest BCUT2D eigenvalue weighted by atomic mass is 127. The Balaban J connectivity index is 2.01. The Kier molecular flexibility index (Phi) is 2.52. The minimum absolute atomic E-state index is 0.00398. The molecule has 1 fully saturated rings. The number of hydrogen-bond acceptors (Lipinski definition) is 3.